The summed E-state index contributed by atoms with van der Waals surface area (Å²) in [5.41, 5.74) is 4.18. The molecule has 0 bridgehead atoms. The van der Waals surface area contributed by atoms with Gasteiger partial charge < -0.3 is 0 Å². The van der Waals surface area contributed by atoms with E-state index in [0.29, 0.717) is 11.5 Å². The summed E-state index contributed by atoms with van der Waals surface area (Å²) in [6.07, 6.45) is 0. The van der Waals surface area contributed by atoms with Gasteiger partial charge in [0.25, 0.3) is 5.91 Å². The first-order valence-electron chi connectivity index (χ1n) is 6.42. The zero-order valence-electron chi connectivity index (χ0n) is 11.5. The molecule has 0 aromatic heterocycles. The van der Waals surface area contributed by atoms with Gasteiger partial charge in [0.05, 0.1) is 0 Å². The Kier molecular flexibility index (Phi) is 3.95. The zero-order chi connectivity index (χ0) is 13.8. The van der Waals surface area contributed by atoms with Gasteiger partial charge in [-0.15, -0.1) is 0 Å². The summed E-state index contributed by atoms with van der Waals surface area (Å²) >= 11 is 0. The van der Waals surface area contributed by atoms with Crippen LogP contribution in [-0.4, -0.2) is 11.6 Å². The molecular formula is C16H18N2O. The summed E-state index contributed by atoms with van der Waals surface area (Å²) in [6.45, 7) is 6.00. The Morgan fingerprint density at radius 3 is 2.53 bits per heavy atom. The van der Waals surface area contributed by atoms with E-state index in [1.807, 2.05) is 63.2 Å². The zero-order valence-corrected chi connectivity index (χ0v) is 11.5. The van der Waals surface area contributed by atoms with Crippen LogP contribution in [0.3, 0.4) is 0 Å². The maximum atomic E-state index is 12.2. The molecule has 0 heterocycles. The molecule has 0 atom stereocenters. The fourth-order valence-electron chi connectivity index (χ4n) is 1.75. The van der Waals surface area contributed by atoms with E-state index in [1.165, 1.54) is 0 Å². The van der Waals surface area contributed by atoms with Gasteiger partial charge in [0.15, 0.2) is 0 Å². The molecule has 0 aliphatic heterocycles. The Morgan fingerprint density at radius 1 is 1.11 bits per heavy atom. The fraction of sp³-hybridized carbons (Fsp3) is 0.250. The van der Waals surface area contributed by atoms with Crippen molar-refractivity contribution in [2.24, 2.45) is 11.0 Å². The lowest BCUT2D eigenvalue weighted by Gasteiger charge is -2.07. The molecule has 0 unspecified atom stereocenters. The molecule has 3 heteroatoms. The maximum absolute atomic E-state index is 12.2. The Balaban J connectivity index is 2.30. The molecule has 0 saturated carbocycles. The lowest BCUT2D eigenvalue weighted by Crippen LogP contribution is -2.20. The highest BCUT2D eigenvalue weighted by molar-refractivity contribution is 6.07. The number of benzene rings is 2. The number of nitrogens with one attached hydrogen (secondary N) is 1. The molecule has 1 amide bonds. The number of fused-ring (bicyclic) bond motifs is 1. The van der Waals surface area contributed by atoms with Crippen molar-refractivity contribution in [1.82, 2.24) is 5.43 Å². The second-order valence-corrected chi connectivity index (χ2v) is 4.88. The van der Waals surface area contributed by atoms with Crippen LogP contribution in [0, 0.1) is 5.92 Å². The molecule has 2 aromatic rings. The maximum Gasteiger partial charge on any atom is 0.271 e. The van der Waals surface area contributed by atoms with Crippen LogP contribution in [0.2, 0.25) is 0 Å². The molecule has 0 aliphatic carbocycles. The van der Waals surface area contributed by atoms with E-state index in [-0.39, 0.29) is 5.91 Å². The highest BCUT2D eigenvalue weighted by Crippen LogP contribution is 2.18. The van der Waals surface area contributed by atoms with Gasteiger partial charge in [-0.3, -0.25) is 4.79 Å². The highest BCUT2D eigenvalue weighted by Gasteiger charge is 2.09. The minimum absolute atomic E-state index is 0.170. The first-order chi connectivity index (χ1) is 9.09. The van der Waals surface area contributed by atoms with Crippen molar-refractivity contribution in [1.29, 1.82) is 0 Å². The van der Waals surface area contributed by atoms with Gasteiger partial charge in [0.2, 0.25) is 0 Å². The number of carbonyl (C=O) groups is 1. The van der Waals surface area contributed by atoms with Crippen molar-refractivity contribution in [2.75, 3.05) is 0 Å². The monoisotopic (exact) mass is 254 g/mol. The first-order valence-corrected chi connectivity index (χ1v) is 6.42. The lowest BCUT2D eigenvalue weighted by atomic mass is 10.0. The SMILES string of the molecule is CC(=NNC(=O)c1cccc2ccccc12)C(C)C. The topological polar surface area (TPSA) is 41.5 Å². The minimum atomic E-state index is -0.170. The summed E-state index contributed by atoms with van der Waals surface area (Å²) in [7, 11) is 0. The first kappa shape index (κ1) is 13.3. The second kappa shape index (κ2) is 5.65. The molecule has 3 nitrogen and oxygen atoms in total. The van der Waals surface area contributed by atoms with Crippen molar-refractivity contribution in [3.8, 4) is 0 Å². The van der Waals surface area contributed by atoms with Gasteiger partial charge in [0, 0.05) is 11.3 Å². The summed E-state index contributed by atoms with van der Waals surface area (Å²) in [4.78, 5) is 12.2. The predicted octanol–water partition coefficient (Wildman–Crippen LogP) is 3.60. The molecule has 2 rings (SSSR count). The van der Waals surface area contributed by atoms with Gasteiger partial charge in [-0.2, -0.15) is 5.10 Å². The number of nitrogens with zero attached hydrogens (tertiary/aromatic N) is 1. The van der Waals surface area contributed by atoms with Crippen molar-refractivity contribution in [3.05, 3.63) is 48.0 Å². The number of carbonyl (C=O) groups excluding carboxylic acids is 1. The molecule has 0 fully saturated rings. The van der Waals surface area contributed by atoms with E-state index in [4.69, 9.17) is 0 Å². The van der Waals surface area contributed by atoms with Crippen LogP contribution in [0.15, 0.2) is 47.6 Å². The van der Waals surface area contributed by atoms with Crippen LogP contribution in [0.25, 0.3) is 10.8 Å². The van der Waals surface area contributed by atoms with Crippen molar-refractivity contribution in [2.45, 2.75) is 20.8 Å². The average molecular weight is 254 g/mol. The Hall–Kier alpha value is -2.16. The number of amides is 1. The van der Waals surface area contributed by atoms with Crippen LogP contribution in [-0.2, 0) is 0 Å². The second-order valence-electron chi connectivity index (χ2n) is 4.88. The van der Waals surface area contributed by atoms with E-state index >= 15 is 0 Å². The van der Waals surface area contributed by atoms with Crippen molar-refractivity contribution >= 4 is 22.4 Å². The van der Waals surface area contributed by atoms with E-state index in [9.17, 15) is 4.79 Å². The van der Waals surface area contributed by atoms with E-state index in [0.717, 1.165) is 16.5 Å². The molecule has 98 valence electrons. The molecule has 0 spiro atoms. The Morgan fingerprint density at radius 2 is 1.79 bits per heavy atom. The van der Waals surface area contributed by atoms with Crippen LogP contribution in [0.1, 0.15) is 31.1 Å². The Bertz CT molecular complexity index is 624. The molecule has 1 N–H and O–H groups in total. The fourth-order valence-corrected chi connectivity index (χ4v) is 1.75. The van der Waals surface area contributed by atoms with E-state index < -0.39 is 0 Å². The quantitative estimate of drug-likeness (QED) is 0.660. The highest BCUT2D eigenvalue weighted by atomic mass is 16.2. The largest absolute Gasteiger partial charge is 0.271 e. The van der Waals surface area contributed by atoms with Gasteiger partial charge in [0.1, 0.15) is 0 Å². The van der Waals surface area contributed by atoms with Gasteiger partial charge >= 0.3 is 0 Å². The van der Waals surface area contributed by atoms with Gasteiger partial charge in [-0.25, -0.2) is 5.43 Å². The summed E-state index contributed by atoms with van der Waals surface area (Å²) < 4.78 is 0. The third kappa shape index (κ3) is 2.99. The minimum Gasteiger partial charge on any atom is -0.267 e. The summed E-state index contributed by atoms with van der Waals surface area (Å²) in [5, 5.41) is 6.12. The van der Waals surface area contributed by atoms with Crippen LogP contribution < -0.4 is 5.43 Å². The van der Waals surface area contributed by atoms with Gasteiger partial charge in [-0.1, -0.05) is 50.2 Å². The van der Waals surface area contributed by atoms with Crippen molar-refractivity contribution < 1.29 is 4.79 Å². The molecular weight excluding hydrogens is 236 g/mol. The summed E-state index contributed by atoms with van der Waals surface area (Å²) in [5.74, 6) is 0.157. The number of hydrazone groups is 1. The van der Waals surface area contributed by atoms with Crippen LogP contribution in [0.5, 0.6) is 0 Å². The van der Waals surface area contributed by atoms with Crippen molar-refractivity contribution in [3.63, 3.8) is 0 Å². The standard InChI is InChI=1S/C16H18N2O/c1-11(2)12(3)17-18-16(19)15-10-6-8-13-7-4-5-9-14(13)15/h4-11H,1-3H3,(H,18,19). The number of hydrogen-bond donors (Lipinski definition) is 1. The molecule has 2 aromatic carbocycles. The normalized spacial score (nSPS) is 11.9. The third-order valence-electron chi connectivity index (χ3n) is 3.20. The molecule has 0 aliphatic rings. The number of rotatable bonds is 3. The predicted molar refractivity (Wildman–Crippen MR) is 79.4 cm³/mol. The Labute approximate surface area is 113 Å². The van der Waals surface area contributed by atoms with Gasteiger partial charge in [-0.05, 0) is 29.7 Å². The third-order valence-corrected chi connectivity index (χ3v) is 3.20. The smallest absolute Gasteiger partial charge is 0.267 e. The average Bonchev–Trinajstić information content (AvgIpc) is 2.43. The summed E-state index contributed by atoms with van der Waals surface area (Å²) in [6, 6.07) is 13.5. The van der Waals surface area contributed by atoms with Crippen LogP contribution >= 0.6 is 0 Å². The lowest BCUT2D eigenvalue weighted by molar-refractivity contribution is 0.0956. The number of hydrogen-bond acceptors (Lipinski definition) is 2. The molecule has 0 saturated heterocycles. The van der Waals surface area contributed by atoms with Crippen LogP contribution in [0.4, 0.5) is 0 Å². The van der Waals surface area contributed by atoms with E-state index in [1.54, 1.807) is 0 Å². The molecule has 0 radical (unpaired) electrons. The van der Waals surface area contributed by atoms with E-state index in [2.05, 4.69) is 10.5 Å². The molecule has 19 heavy (non-hydrogen) atoms.